The van der Waals surface area contributed by atoms with Crippen molar-refractivity contribution in [2.24, 2.45) is 4.99 Å². The van der Waals surface area contributed by atoms with Crippen LogP contribution in [0.25, 0.3) is 0 Å². The standard InChI is InChI=1S/C7H12N2O3/c1-2-12-6-5-9(7(10)11)4-3-8-6/h2-5H2,1H3,(H,10,11). The molecule has 0 unspecified atom stereocenters. The van der Waals surface area contributed by atoms with Crippen molar-refractivity contribution in [1.29, 1.82) is 0 Å². The fraction of sp³-hybridized carbons (Fsp3) is 0.714. The van der Waals surface area contributed by atoms with E-state index in [0.717, 1.165) is 0 Å². The molecule has 1 rings (SSSR count). The molecule has 0 saturated carbocycles. The second-order valence-corrected chi connectivity index (χ2v) is 2.41. The Labute approximate surface area is 70.6 Å². The van der Waals surface area contributed by atoms with Gasteiger partial charge in [0.1, 0.15) is 0 Å². The fourth-order valence-electron chi connectivity index (χ4n) is 1.01. The average Bonchev–Trinajstić information content (AvgIpc) is 2.05. The third kappa shape index (κ3) is 2.11. The molecule has 12 heavy (non-hydrogen) atoms. The minimum Gasteiger partial charge on any atom is -0.480 e. The lowest BCUT2D eigenvalue weighted by Gasteiger charge is -2.23. The molecule has 1 heterocycles. The van der Waals surface area contributed by atoms with E-state index >= 15 is 0 Å². The summed E-state index contributed by atoms with van der Waals surface area (Å²) in [4.78, 5) is 15.9. The molecule has 1 amide bonds. The van der Waals surface area contributed by atoms with E-state index in [1.807, 2.05) is 6.92 Å². The summed E-state index contributed by atoms with van der Waals surface area (Å²) < 4.78 is 5.11. The predicted molar refractivity (Wildman–Crippen MR) is 43.5 cm³/mol. The largest absolute Gasteiger partial charge is 0.480 e. The molecular weight excluding hydrogens is 160 g/mol. The Morgan fingerprint density at radius 3 is 3.17 bits per heavy atom. The number of carbonyl (C=O) groups is 1. The Hall–Kier alpha value is -1.26. The Morgan fingerprint density at radius 2 is 2.58 bits per heavy atom. The van der Waals surface area contributed by atoms with Gasteiger partial charge in [-0.3, -0.25) is 9.89 Å². The first-order valence-electron chi connectivity index (χ1n) is 3.88. The molecule has 0 bridgehead atoms. The van der Waals surface area contributed by atoms with Crippen molar-refractivity contribution in [2.75, 3.05) is 26.2 Å². The summed E-state index contributed by atoms with van der Waals surface area (Å²) in [6.07, 6.45) is -0.915. The van der Waals surface area contributed by atoms with Crippen LogP contribution in [0.5, 0.6) is 0 Å². The van der Waals surface area contributed by atoms with E-state index in [1.54, 1.807) is 0 Å². The van der Waals surface area contributed by atoms with Crippen LogP contribution >= 0.6 is 0 Å². The SMILES string of the molecule is CCOC1=NCCN(C(=O)O)C1. The second-order valence-electron chi connectivity index (χ2n) is 2.41. The lowest BCUT2D eigenvalue weighted by Crippen LogP contribution is -2.40. The van der Waals surface area contributed by atoms with Crippen molar-refractivity contribution in [3.8, 4) is 0 Å². The van der Waals surface area contributed by atoms with Crippen molar-refractivity contribution in [3.63, 3.8) is 0 Å². The molecule has 0 aromatic rings. The van der Waals surface area contributed by atoms with Gasteiger partial charge in [0.15, 0.2) is 0 Å². The maximum Gasteiger partial charge on any atom is 0.407 e. The van der Waals surface area contributed by atoms with Crippen molar-refractivity contribution >= 4 is 12.0 Å². The van der Waals surface area contributed by atoms with Crippen molar-refractivity contribution in [1.82, 2.24) is 4.90 Å². The molecule has 0 aliphatic carbocycles. The first-order valence-corrected chi connectivity index (χ1v) is 3.88. The minimum atomic E-state index is -0.915. The van der Waals surface area contributed by atoms with Gasteiger partial charge >= 0.3 is 6.09 Å². The second kappa shape index (κ2) is 3.94. The van der Waals surface area contributed by atoms with Gasteiger partial charge in [-0.15, -0.1) is 0 Å². The van der Waals surface area contributed by atoms with E-state index < -0.39 is 6.09 Å². The molecule has 5 nitrogen and oxygen atoms in total. The molecule has 1 aliphatic rings. The van der Waals surface area contributed by atoms with Crippen LogP contribution in [0.15, 0.2) is 4.99 Å². The zero-order valence-electron chi connectivity index (χ0n) is 6.99. The van der Waals surface area contributed by atoms with Crippen LogP contribution in [0.4, 0.5) is 4.79 Å². The van der Waals surface area contributed by atoms with Gasteiger partial charge in [-0.2, -0.15) is 0 Å². The quantitative estimate of drug-likeness (QED) is 0.623. The van der Waals surface area contributed by atoms with Crippen LogP contribution in [0.2, 0.25) is 0 Å². The Bertz CT molecular complexity index is 203. The van der Waals surface area contributed by atoms with E-state index in [-0.39, 0.29) is 6.54 Å². The summed E-state index contributed by atoms with van der Waals surface area (Å²) in [7, 11) is 0. The number of hydrogen-bond acceptors (Lipinski definition) is 3. The predicted octanol–water partition coefficient (Wildman–Crippen LogP) is 0.415. The number of ether oxygens (including phenoxy) is 1. The topological polar surface area (TPSA) is 62.1 Å². The molecule has 68 valence electrons. The molecule has 0 spiro atoms. The fourth-order valence-corrected chi connectivity index (χ4v) is 1.01. The number of hydrogen-bond donors (Lipinski definition) is 1. The molecule has 0 aromatic heterocycles. The third-order valence-electron chi connectivity index (χ3n) is 1.57. The third-order valence-corrected chi connectivity index (χ3v) is 1.57. The number of rotatable bonds is 1. The highest BCUT2D eigenvalue weighted by atomic mass is 16.5. The van der Waals surface area contributed by atoms with Gasteiger partial charge in [-0.25, -0.2) is 4.79 Å². The van der Waals surface area contributed by atoms with Crippen molar-refractivity contribution in [3.05, 3.63) is 0 Å². The Balaban J connectivity index is 2.47. The zero-order chi connectivity index (χ0) is 8.97. The van der Waals surface area contributed by atoms with Crippen LogP contribution < -0.4 is 0 Å². The number of amides is 1. The average molecular weight is 172 g/mol. The normalized spacial score (nSPS) is 17.1. The molecule has 0 fully saturated rings. The Kier molecular flexibility index (Phi) is 2.90. The van der Waals surface area contributed by atoms with Gasteiger partial charge in [-0.1, -0.05) is 0 Å². The maximum absolute atomic E-state index is 10.5. The van der Waals surface area contributed by atoms with Gasteiger partial charge < -0.3 is 9.84 Å². The highest BCUT2D eigenvalue weighted by Crippen LogP contribution is 1.99. The number of aliphatic imine (C=N–C) groups is 1. The summed E-state index contributed by atoms with van der Waals surface area (Å²) in [5.41, 5.74) is 0. The van der Waals surface area contributed by atoms with Crippen LogP contribution in [-0.4, -0.2) is 48.2 Å². The molecule has 5 heteroatoms. The molecular formula is C7H12N2O3. The van der Waals surface area contributed by atoms with E-state index in [4.69, 9.17) is 9.84 Å². The molecule has 0 saturated heterocycles. The van der Waals surface area contributed by atoms with E-state index in [1.165, 1.54) is 4.90 Å². The van der Waals surface area contributed by atoms with Gasteiger partial charge in [0.05, 0.1) is 19.7 Å². The zero-order valence-corrected chi connectivity index (χ0v) is 6.99. The lowest BCUT2D eigenvalue weighted by molar-refractivity contribution is 0.146. The summed E-state index contributed by atoms with van der Waals surface area (Å²) in [6.45, 7) is 3.63. The van der Waals surface area contributed by atoms with Crippen molar-refractivity contribution < 1.29 is 14.6 Å². The molecule has 0 radical (unpaired) electrons. The summed E-state index contributed by atoms with van der Waals surface area (Å²) in [6, 6.07) is 0. The van der Waals surface area contributed by atoms with Crippen LogP contribution in [0, 0.1) is 0 Å². The highest BCUT2D eigenvalue weighted by Gasteiger charge is 2.18. The molecule has 0 aromatic carbocycles. The lowest BCUT2D eigenvalue weighted by atomic mass is 10.4. The van der Waals surface area contributed by atoms with Crippen LogP contribution in [-0.2, 0) is 4.74 Å². The van der Waals surface area contributed by atoms with Gasteiger partial charge in [0.2, 0.25) is 5.90 Å². The van der Waals surface area contributed by atoms with Gasteiger partial charge in [-0.05, 0) is 6.92 Å². The summed E-state index contributed by atoms with van der Waals surface area (Å²) in [5.74, 6) is 0.520. The molecule has 1 aliphatic heterocycles. The monoisotopic (exact) mass is 172 g/mol. The number of nitrogens with zero attached hydrogens (tertiary/aromatic N) is 2. The van der Waals surface area contributed by atoms with E-state index in [0.29, 0.717) is 25.6 Å². The smallest absolute Gasteiger partial charge is 0.407 e. The maximum atomic E-state index is 10.5. The summed E-state index contributed by atoms with van der Waals surface area (Å²) in [5, 5.41) is 8.64. The van der Waals surface area contributed by atoms with Gasteiger partial charge in [0, 0.05) is 6.54 Å². The Morgan fingerprint density at radius 1 is 1.83 bits per heavy atom. The molecule has 1 N–H and O–H groups in total. The number of carboxylic acid groups (broad SMARTS) is 1. The first kappa shape index (κ1) is 8.83. The summed E-state index contributed by atoms with van der Waals surface area (Å²) >= 11 is 0. The van der Waals surface area contributed by atoms with Crippen LogP contribution in [0.3, 0.4) is 0 Å². The minimum absolute atomic E-state index is 0.281. The highest BCUT2D eigenvalue weighted by molar-refractivity contribution is 5.82. The van der Waals surface area contributed by atoms with Crippen LogP contribution in [0.1, 0.15) is 6.92 Å². The first-order chi connectivity index (χ1) is 5.74. The van der Waals surface area contributed by atoms with Crippen molar-refractivity contribution in [2.45, 2.75) is 6.92 Å². The van der Waals surface area contributed by atoms with E-state index in [2.05, 4.69) is 4.99 Å². The van der Waals surface area contributed by atoms with Gasteiger partial charge in [0.25, 0.3) is 0 Å². The van der Waals surface area contributed by atoms with E-state index in [9.17, 15) is 4.79 Å². The molecule has 0 atom stereocenters.